The maximum atomic E-state index is 12.7. The second-order valence-electron chi connectivity index (χ2n) is 7.32. The van der Waals surface area contributed by atoms with E-state index in [1.54, 1.807) is 42.2 Å². The number of amides is 2. The molecule has 3 aromatic rings. The van der Waals surface area contributed by atoms with Crippen LogP contribution in [-0.2, 0) is 4.79 Å². The molecule has 0 unspecified atom stereocenters. The van der Waals surface area contributed by atoms with Crippen molar-refractivity contribution in [3.63, 3.8) is 0 Å². The van der Waals surface area contributed by atoms with E-state index in [4.69, 9.17) is 4.42 Å². The van der Waals surface area contributed by atoms with Crippen molar-refractivity contribution in [1.82, 2.24) is 9.88 Å². The van der Waals surface area contributed by atoms with Crippen LogP contribution in [0.15, 0.2) is 40.8 Å². The van der Waals surface area contributed by atoms with Crippen molar-refractivity contribution in [2.75, 3.05) is 36.4 Å². The fourth-order valence-corrected chi connectivity index (χ4v) is 3.66. The van der Waals surface area contributed by atoms with Crippen molar-refractivity contribution in [1.29, 1.82) is 0 Å². The number of rotatable bonds is 4. The van der Waals surface area contributed by atoms with Crippen LogP contribution in [0.3, 0.4) is 0 Å². The summed E-state index contributed by atoms with van der Waals surface area (Å²) in [6.45, 7) is 5.22. The maximum Gasteiger partial charge on any atom is 0.293 e. The Morgan fingerprint density at radius 2 is 1.87 bits per heavy atom. The summed E-state index contributed by atoms with van der Waals surface area (Å²) in [7, 11) is 0. The van der Waals surface area contributed by atoms with Crippen molar-refractivity contribution >= 4 is 40.0 Å². The Labute approximate surface area is 177 Å². The first-order valence-corrected chi connectivity index (χ1v) is 9.79. The van der Waals surface area contributed by atoms with E-state index in [0.29, 0.717) is 54.5 Å². The molecule has 31 heavy (non-hydrogen) atoms. The first kappa shape index (κ1) is 20.3. The number of hydrogen-bond acceptors (Lipinski definition) is 7. The summed E-state index contributed by atoms with van der Waals surface area (Å²) >= 11 is 0. The van der Waals surface area contributed by atoms with E-state index in [1.807, 2.05) is 4.90 Å². The van der Waals surface area contributed by atoms with Gasteiger partial charge in [0.2, 0.25) is 5.91 Å². The minimum Gasteiger partial charge on any atom is -0.441 e. The summed E-state index contributed by atoms with van der Waals surface area (Å²) in [5.74, 6) is 0.0459. The van der Waals surface area contributed by atoms with E-state index >= 15 is 0 Å². The molecule has 0 saturated carbocycles. The first-order chi connectivity index (χ1) is 14.8. The van der Waals surface area contributed by atoms with Crippen LogP contribution in [0, 0.1) is 17.0 Å². The zero-order valence-corrected chi connectivity index (χ0v) is 17.1. The number of aromatic nitrogens is 1. The lowest BCUT2D eigenvalue weighted by molar-refractivity contribution is -0.384. The molecule has 1 fully saturated rings. The normalized spacial score (nSPS) is 14.0. The number of oxazole rings is 1. The van der Waals surface area contributed by atoms with Gasteiger partial charge < -0.3 is 19.5 Å². The van der Waals surface area contributed by atoms with Gasteiger partial charge in [-0.25, -0.2) is 4.98 Å². The van der Waals surface area contributed by atoms with Gasteiger partial charge in [-0.15, -0.1) is 0 Å². The van der Waals surface area contributed by atoms with Gasteiger partial charge in [0.25, 0.3) is 11.6 Å². The number of nitrogens with zero attached hydrogens (tertiary/aromatic N) is 4. The van der Waals surface area contributed by atoms with Crippen LogP contribution in [0.5, 0.6) is 0 Å². The predicted octanol–water partition coefficient (Wildman–Crippen LogP) is 2.97. The molecule has 2 heterocycles. The maximum absolute atomic E-state index is 12.7. The molecule has 0 bridgehead atoms. The first-order valence-electron chi connectivity index (χ1n) is 9.79. The third-order valence-electron chi connectivity index (χ3n) is 5.25. The molecule has 1 aliphatic rings. The van der Waals surface area contributed by atoms with E-state index < -0.39 is 10.8 Å². The quantitative estimate of drug-likeness (QED) is 0.506. The molecule has 1 aromatic heterocycles. The Morgan fingerprint density at radius 1 is 1.13 bits per heavy atom. The van der Waals surface area contributed by atoms with Crippen molar-refractivity contribution in [3.8, 4) is 0 Å². The predicted molar refractivity (Wildman–Crippen MR) is 114 cm³/mol. The number of benzene rings is 2. The molecule has 0 aliphatic carbocycles. The molecule has 0 spiro atoms. The smallest absolute Gasteiger partial charge is 0.293 e. The van der Waals surface area contributed by atoms with E-state index in [9.17, 15) is 19.7 Å². The summed E-state index contributed by atoms with van der Waals surface area (Å²) in [6.07, 6.45) is 0. The summed E-state index contributed by atoms with van der Waals surface area (Å²) in [5.41, 5.74) is 2.20. The molecule has 4 rings (SSSR count). The van der Waals surface area contributed by atoms with Crippen molar-refractivity contribution in [2.45, 2.75) is 13.8 Å². The minimum atomic E-state index is -0.492. The number of fused-ring (bicyclic) bond motifs is 1. The van der Waals surface area contributed by atoms with Crippen molar-refractivity contribution in [3.05, 3.63) is 58.0 Å². The second kappa shape index (κ2) is 8.05. The average Bonchev–Trinajstić information content (AvgIpc) is 3.12. The Bertz CT molecular complexity index is 1180. The Balaban J connectivity index is 1.54. The molecule has 2 amide bonds. The fraction of sp³-hybridized carbons (Fsp3) is 0.286. The number of carbonyl (C=O) groups is 2. The Morgan fingerprint density at radius 3 is 2.55 bits per heavy atom. The summed E-state index contributed by atoms with van der Waals surface area (Å²) < 4.78 is 5.42. The minimum absolute atomic E-state index is 0.0138. The Kier molecular flexibility index (Phi) is 5.28. The summed E-state index contributed by atoms with van der Waals surface area (Å²) in [4.78, 5) is 43.2. The largest absolute Gasteiger partial charge is 0.441 e. The lowest BCUT2D eigenvalue weighted by atomic mass is 10.1. The molecule has 0 radical (unpaired) electrons. The van der Waals surface area contributed by atoms with Gasteiger partial charge in [0.05, 0.1) is 4.92 Å². The number of piperazine rings is 1. The van der Waals surface area contributed by atoms with Gasteiger partial charge in [-0.1, -0.05) is 0 Å². The van der Waals surface area contributed by atoms with Gasteiger partial charge in [-0.3, -0.25) is 19.7 Å². The highest BCUT2D eigenvalue weighted by molar-refractivity contribution is 6.05. The van der Waals surface area contributed by atoms with Crippen LogP contribution in [0.4, 0.5) is 17.1 Å². The lowest BCUT2D eigenvalue weighted by Crippen LogP contribution is -2.48. The van der Waals surface area contributed by atoms with Crippen molar-refractivity contribution < 1.29 is 18.9 Å². The van der Waals surface area contributed by atoms with E-state index in [-0.39, 0.29) is 17.2 Å². The van der Waals surface area contributed by atoms with Gasteiger partial charge in [0.1, 0.15) is 11.2 Å². The number of nitro benzene ring substituents is 1. The summed E-state index contributed by atoms with van der Waals surface area (Å²) in [6, 6.07) is 9.50. The van der Waals surface area contributed by atoms with E-state index in [0.717, 1.165) is 0 Å². The van der Waals surface area contributed by atoms with Crippen LogP contribution in [0.1, 0.15) is 23.2 Å². The Hall–Kier alpha value is -3.95. The molecule has 10 nitrogen and oxygen atoms in total. The van der Waals surface area contributed by atoms with Crippen LogP contribution in [0.25, 0.3) is 11.1 Å². The van der Waals surface area contributed by atoms with Gasteiger partial charge in [-0.2, -0.15) is 0 Å². The molecule has 1 N–H and O–H groups in total. The van der Waals surface area contributed by atoms with Gasteiger partial charge in [-0.05, 0) is 30.3 Å². The fourth-order valence-electron chi connectivity index (χ4n) is 3.66. The van der Waals surface area contributed by atoms with Crippen LogP contribution >= 0.6 is 0 Å². The van der Waals surface area contributed by atoms with Crippen LogP contribution in [-0.4, -0.2) is 52.8 Å². The van der Waals surface area contributed by atoms with Gasteiger partial charge in [0.15, 0.2) is 11.5 Å². The number of hydrogen-bond donors (Lipinski definition) is 1. The highest BCUT2D eigenvalue weighted by Crippen LogP contribution is 2.30. The number of anilines is 2. The summed E-state index contributed by atoms with van der Waals surface area (Å²) in [5, 5.41) is 14.4. The van der Waals surface area contributed by atoms with E-state index in [1.165, 1.54) is 13.0 Å². The molecule has 0 atom stereocenters. The molecule has 160 valence electrons. The highest BCUT2D eigenvalue weighted by atomic mass is 16.6. The third-order valence-corrected chi connectivity index (χ3v) is 5.25. The number of carbonyl (C=O) groups excluding carboxylic acids is 2. The zero-order valence-electron chi connectivity index (χ0n) is 17.1. The van der Waals surface area contributed by atoms with Gasteiger partial charge in [0, 0.05) is 57.3 Å². The molecule has 1 saturated heterocycles. The highest BCUT2D eigenvalue weighted by Gasteiger charge is 2.26. The molecule has 2 aromatic carbocycles. The van der Waals surface area contributed by atoms with Crippen LogP contribution < -0.4 is 10.2 Å². The molecule has 10 heteroatoms. The third kappa shape index (κ3) is 4.18. The SMILES string of the molecule is CC(=O)N1CCN(c2ccc(C(=O)Nc3ccc4oc(C)nc4c3)cc2[N+](=O)[O-])CC1. The molecule has 1 aliphatic heterocycles. The zero-order chi connectivity index (χ0) is 22.1. The number of nitrogens with one attached hydrogen (secondary N) is 1. The van der Waals surface area contributed by atoms with Gasteiger partial charge >= 0.3 is 0 Å². The number of aryl methyl sites for hydroxylation is 1. The molecular weight excluding hydrogens is 402 g/mol. The standard InChI is InChI=1S/C21H21N5O5/c1-13-22-17-12-16(4-6-20(17)31-13)23-21(28)15-3-5-18(19(11-15)26(29)30)25-9-7-24(8-10-25)14(2)27/h3-6,11-12H,7-10H2,1-2H3,(H,23,28). The average molecular weight is 423 g/mol. The monoisotopic (exact) mass is 423 g/mol. The van der Waals surface area contributed by atoms with Crippen LogP contribution in [0.2, 0.25) is 0 Å². The topological polar surface area (TPSA) is 122 Å². The lowest BCUT2D eigenvalue weighted by Gasteiger charge is -2.35. The molecular formula is C21H21N5O5. The second-order valence-corrected chi connectivity index (χ2v) is 7.32. The van der Waals surface area contributed by atoms with E-state index in [2.05, 4.69) is 10.3 Å². The van der Waals surface area contributed by atoms with Crippen molar-refractivity contribution in [2.24, 2.45) is 0 Å². The number of nitro groups is 1.